The molecule has 0 aromatic carbocycles. The molecule has 0 saturated heterocycles. The summed E-state index contributed by atoms with van der Waals surface area (Å²) in [5, 5.41) is 10.6. The number of phosphoric acid groups is 2. The molecule has 0 aliphatic rings. The summed E-state index contributed by atoms with van der Waals surface area (Å²) >= 11 is 0. The van der Waals surface area contributed by atoms with Gasteiger partial charge in [-0.25, -0.2) is 9.13 Å². The maximum Gasteiger partial charge on any atom is 0.472 e. The number of hydrogen-bond acceptors (Lipinski definition) is 15. The first-order valence-corrected chi connectivity index (χ1v) is 41.2. The van der Waals surface area contributed by atoms with Gasteiger partial charge in [0.1, 0.15) is 19.3 Å². The number of unbranched alkanes of at least 4 members (excludes halogenated alkanes) is 35. The number of rotatable bonds is 71. The molecule has 0 aliphatic heterocycles. The fraction of sp³-hybridized carbons (Fsp3) is 0.893. The number of ether oxygens (including phenoxy) is 4. The summed E-state index contributed by atoms with van der Waals surface area (Å²) in [7, 11) is -9.92. The van der Waals surface area contributed by atoms with E-state index in [1.54, 1.807) is 0 Å². The average molecular weight is 1380 g/mol. The summed E-state index contributed by atoms with van der Waals surface area (Å²) in [6.07, 6.45) is 53.6. The number of carbonyl (C=O) groups is 4. The van der Waals surface area contributed by atoms with Crippen LogP contribution in [0.3, 0.4) is 0 Å². The van der Waals surface area contributed by atoms with E-state index in [9.17, 15) is 43.2 Å². The molecule has 0 aromatic heterocycles. The van der Waals surface area contributed by atoms with Crippen molar-refractivity contribution in [3.63, 3.8) is 0 Å². The highest BCUT2D eigenvalue weighted by molar-refractivity contribution is 7.47. The molecule has 0 rings (SSSR count). The minimum absolute atomic E-state index is 0.0836. The SMILES string of the molecule is CCCCCC/C=C\C=C/CCCCCCCC(=O)O[C@H](COC(=O)CCCCCCCCC(C)C)COP(=O)(O)OC[C@H](O)COP(=O)(O)OC[C@@H](COC(=O)CCCCCCCCCCCCCCCC(C)C)OC(=O)CCCCCCCCCCCCC(C)CC. The van der Waals surface area contributed by atoms with Gasteiger partial charge in [0.2, 0.25) is 0 Å². The highest BCUT2D eigenvalue weighted by Crippen LogP contribution is 2.45. The molecular formula is C75H142O17P2. The predicted molar refractivity (Wildman–Crippen MR) is 381 cm³/mol. The van der Waals surface area contributed by atoms with E-state index < -0.39 is 97.5 Å². The lowest BCUT2D eigenvalue weighted by molar-refractivity contribution is -0.161. The Balaban J connectivity index is 5.28. The second-order valence-electron chi connectivity index (χ2n) is 27.5. The number of aliphatic hydroxyl groups excluding tert-OH is 1. The highest BCUT2D eigenvalue weighted by Gasteiger charge is 2.30. The number of allylic oxidation sites excluding steroid dienone is 4. The van der Waals surface area contributed by atoms with Crippen molar-refractivity contribution in [2.45, 2.75) is 375 Å². The van der Waals surface area contributed by atoms with E-state index in [2.05, 4.69) is 72.8 Å². The Hall–Kier alpha value is -2.46. The van der Waals surface area contributed by atoms with Crippen molar-refractivity contribution in [2.24, 2.45) is 17.8 Å². The van der Waals surface area contributed by atoms with Gasteiger partial charge in [-0.05, 0) is 69.1 Å². The maximum absolute atomic E-state index is 13.1. The van der Waals surface area contributed by atoms with E-state index in [4.69, 9.17) is 37.0 Å². The minimum atomic E-state index is -4.96. The number of carbonyl (C=O) groups excluding carboxylic acids is 4. The van der Waals surface area contributed by atoms with Gasteiger partial charge in [-0.2, -0.15) is 0 Å². The smallest absolute Gasteiger partial charge is 0.462 e. The number of phosphoric ester groups is 2. The first kappa shape index (κ1) is 91.5. The third-order valence-corrected chi connectivity index (χ3v) is 19.0. The standard InChI is InChI=1S/C75H142O17P2/c1-8-10-11-12-13-14-15-16-17-20-24-30-35-44-51-58-74(79)92-71(63-86-73(78)57-50-43-38-37-40-47-54-67(5)6)65-90-94(83,84)88-61-69(76)60-87-93(81,82)89-64-70(91-75(80)59-52-45-36-31-26-25-28-33-41-48-55-68(7)9-2)62-85-72(77)56-49-42-34-29-23-21-18-19-22-27-32-39-46-53-66(3)4/h14-17,66-71,76H,8-13,18-65H2,1-7H3,(H,81,82)(H,83,84)/b15-14-,17-16-/t68?,69-,70-,71-/m1/s1. The molecule has 0 saturated carbocycles. The Morgan fingerprint density at radius 1 is 0.351 bits per heavy atom. The van der Waals surface area contributed by atoms with Crippen LogP contribution >= 0.6 is 15.6 Å². The molecular weight excluding hydrogens is 1230 g/mol. The van der Waals surface area contributed by atoms with E-state index in [1.807, 2.05) is 0 Å². The number of esters is 4. The van der Waals surface area contributed by atoms with Crippen molar-refractivity contribution >= 4 is 39.5 Å². The monoisotopic (exact) mass is 1380 g/mol. The molecule has 0 aromatic rings. The van der Waals surface area contributed by atoms with Crippen LogP contribution in [0.1, 0.15) is 357 Å². The molecule has 0 bridgehead atoms. The van der Waals surface area contributed by atoms with E-state index in [-0.39, 0.29) is 25.7 Å². The van der Waals surface area contributed by atoms with Crippen LogP contribution in [0.15, 0.2) is 24.3 Å². The third kappa shape index (κ3) is 66.8. The van der Waals surface area contributed by atoms with E-state index in [1.165, 1.54) is 148 Å². The summed E-state index contributed by atoms with van der Waals surface area (Å²) in [4.78, 5) is 72.7. The highest BCUT2D eigenvalue weighted by atomic mass is 31.2. The summed E-state index contributed by atoms with van der Waals surface area (Å²) < 4.78 is 68.4. The lowest BCUT2D eigenvalue weighted by atomic mass is 9.99. The zero-order valence-electron chi connectivity index (χ0n) is 60.9. The summed E-state index contributed by atoms with van der Waals surface area (Å²) in [6.45, 7) is 11.8. The molecule has 0 radical (unpaired) electrons. The first-order chi connectivity index (χ1) is 45.3. The van der Waals surface area contributed by atoms with Crippen LogP contribution in [0, 0.1) is 17.8 Å². The van der Waals surface area contributed by atoms with Crippen LogP contribution in [0.4, 0.5) is 0 Å². The molecule has 3 unspecified atom stereocenters. The van der Waals surface area contributed by atoms with Gasteiger partial charge in [0, 0.05) is 25.7 Å². The first-order valence-electron chi connectivity index (χ1n) is 38.2. The third-order valence-electron chi connectivity index (χ3n) is 17.1. The molecule has 0 heterocycles. The molecule has 17 nitrogen and oxygen atoms in total. The van der Waals surface area contributed by atoms with Crippen LogP contribution in [-0.2, 0) is 65.4 Å². The fourth-order valence-corrected chi connectivity index (χ4v) is 12.4. The number of hydrogen-bond donors (Lipinski definition) is 3. The van der Waals surface area contributed by atoms with Gasteiger partial charge in [-0.3, -0.25) is 37.3 Å². The van der Waals surface area contributed by atoms with Crippen molar-refractivity contribution in [3.05, 3.63) is 24.3 Å². The predicted octanol–water partition coefficient (Wildman–Crippen LogP) is 21.3. The van der Waals surface area contributed by atoms with Gasteiger partial charge in [0.05, 0.1) is 26.4 Å². The molecule has 94 heavy (non-hydrogen) atoms. The van der Waals surface area contributed by atoms with Crippen LogP contribution in [-0.4, -0.2) is 96.7 Å². The van der Waals surface area contributed by atoms with Crippen molar-refractivity contribution < 1.29 is 80.2 Å². The molecule has 0 fully saturated rings. The van der Waals surface area contributed by atoms with Crippen LogP contribution in [0.5, 0.6) is 0 Å². The zero-order chi connectivity index (χ0) is 69.4. The Kier molecular flexibility index (Phi) is 63.5. The summed E-state index contributed by atoms with van der Waals surface area (Å²) in [5.74, 6) is 0.115. The maximum atomic E-state index is 13.1. The van der Waals surface area contributed by atoms with Crippen LogP contribution < -0.4 is 0 Å². The normalized spacial score (nSPS) is 14.6. The summed E-state index contributed by atoms with van der Waals surface area (Å²) in [5.41, 5.74) is 0. The Bertz CT molecular complexity index is 1930. The Labute approximate surface area is 573 Å². The molecule has 6 atom stereocenters. The second kappa shape index (κ2) is 65.2. The van der Waals surface area contributed by atoms with Crippen molar-refractivity contribution in [3.8, 4) is 0 Å². The van der Waals surface area contributed by atoms with Crippen molar-refractivity contribution in [1.82, 2.24) is 0 Å². The zero-order valence-corrected chi connectivity index (χ0v) is 62.7. The van der Waals surface area contributed by atoms with Gasteiger partial charge in [0.15, 0.2) is 12.2 Å². The largest absolute Gasteiger partial charge is 0.472 e. The second-order valence-corrected chi connectivity index (χ2v) is 30.5. The van der Waals surface area contributed by atoms with Crippen molar-refractivity contribution in [2.75, 3.05) is 39.6 Å². The molecule has 19 heteroatoms. The van der Waals surface area contributed by atoms with Crippen LogP contribution in [0.25, 0.3) is 0 Å². The lowest BCUT2D eigenvalue weighted by Gasteiger charge is -2.21. The van der Waals surface area contributed by atoms with Crippen molar-refractivity contribution in [1.29, 1.82) is 0 Å². The fourth-order valence-electron chi connectivity index (χ4n) is 10.9. The molecule has 0 amide bonds. The average Bonchev–Trinajstić information content (AvgIpc) is 2.26. The summed E-state index contributed by atoms with van der Waals surface area (Å²) in [6, 6.07) is 0. The molecule has 3 N–H and O–H groups in total. The molecule has 0 spiro atoms. The van der Waals surface area contributed by atoms with Gasteiger partial charge in [-0.1, -0.05) is 304 Å². The van der Waals surface area contributed by atoms with Gasteiger partial charge < -0.3 is 33.8 Å². The Morgan fingerprint density at radius 2 is 0.628 bits per heavy atom. The van der Waals surface area contributed by atoms with Crippen LogP contribution in [0.2, 0.25) is 0 Å². The molecule has 0 aliphatic carbocycles. The van der Waals surface area contributed by atoms with E-state index >= 15 is 0 Å². The minimum Gasteiger partial charge on any atom is -0.462 e. The van der Waals surface area contributed by atoms with E-state index in [0.717, 1.165) is 121 Å². The van der Waals surface area contributed by atoms with Gasteiger partial charge in [-0.15, -0.1) is 0 Å². The number of aliphatic hydroxyl groups is 1. The molecule has 554 valence electrons. The quantitative estimate of drug-likeness (QED) is 0.0169. The van der Waals surface area contributed by atoms with Gasteiger partial charge in [0.25, 0.3) is 0 Å². The topological polar surface area (TPSA) is 237 Å². The Morgan fingerprint density at radius 3 is 0.947 bits per heavy atom. The van der Waals surface area contributed by atoms with E-state index in [0.29, 0.717) is 31.6 Å². The lowest BCUT2D eigenvalue weighted by Crippen LogP contribution is -2.30. The van der Waals surface area contributed by atoms with Gasteiger partial charge >= 0.3 is 39.5 Å².